The van der Waals surface area contributed by atoms with Crippen LogP contribution in [0.25, 0.3) is 4.96 Å². The topological polar surface area (TPSA) is 105 Å². The Balaban J connectivity index is 1.51. The molecule has 11 heteroatoms. The second kappa shape index (κ2) is 8.51. The Morgan fingerprint density at radius 3 is 2.67 bits per heavy atom. The van der Waals surface area contributed by atoms with Crippen LogP contribution in [0.1, 0.15) is 5.69 Å². The number of hydrogen-bond acceptors (Lipinski definition) is 7. The molecule has 2 aromatic heterocycles. The zero-order valence-electron chi connectivity index (χ0n) is 14.1. The van der Waals surface area contributed by atoms with Gasteiger partial charge in [0.2, 0.25) is 16.8 Å². The summed E-state index contributed by atoms with van der Waals surface area (Å²) < 4.78 is 1.41. The molecule has 0 bridgehead atoms. The highest BCUT2D eigenvalue weighted by molar-refractivity contribution is 8.00. The number of anilines is 2. The molecule has 0 radical (unpaired) electrons. The minimum Gasteiger partial charge on any atom is -0.324 e. The SMILES string of the molecule is Cc1nn2c(NC(=O)CSCC(=O)Nc3ccccc3Cl)csc2nc1=O. The number of rotatable bonds is 6. The van der Waals surface area contributed by atoms with Crippen molar-refractivity contribution in [3.8, 4) is 0 Å². The zero-order chi connectivity index (χ0) is 19.4. The minimum atomic E-state index is -0.394. The lowest BCUT2D eigenvalue weighted by molar-refractivity contribution is -0.114. The number of aromatic nitrogens is 3. The Labute approximate surface area is 167 Å². The largest absolute Gasteiger partial charge is 0.324 e. The smallest absolute Gasteiger partial charge is 0.295 e. The van der Waals surface area contributed by atoms with Gasteiger partial charge in [0.05, 0.1) is 22.2 Å². The van der Waals surface area contributed by atoms with E-state index in [2.05, 4.69) is 20.7 Å². The lowest BCUT2D eigenvalue weighted by Gasteiger charge is -2.07. The van der Waals surface area contributed by atoms with Crippen LogP contribution >= 0.6 is 34.7 Å². The number of thioether (sulfide) groups is 1. The molecular weight excluding hydrogens is 410 g/mol. The molecule has 0 atom stereocenters. The van der Waals surface area contributed by atoms with E-state index in [-0.39, 0.29) is 29.0 Å². The fourth-order valence-electron chi connectivity index (χ4n) is 2.09. The Morgan fingerprint density at radius 2 is 1.93 bits per heavy atom. The van der Waals surface area contributed by atoms with Crippen LogP contribution in [0.4, 0.5) is 11.5 Å². The average Bonchev–Trinajstić information content (AvgIpc) is 2.99. The number of carbonyl (C=O) groups is 2. The van der Waals surface area contributed by atoms with E-state index in [0.29, 0.717) is 21.5 Å². The van der Waals surface area contributed by atoms with Gasteiger partial charge in [-0.3, -0.25) is 14.4 Å². The number of amides is 2. The van der Waals surface area contributed by atoms with Gasteiger partial charge in [-0.15, -0.1) is 23.1 Å². The third kappa shape index (κ3) is 4.85. The van der Waals surface area contributed by atoms with Crippen molar-refractivity contribution in [2.24, 2.45) is 0 Å². The number of nitrogens with one attached hydrogen (secondary N) is 2. The summed E-state index contributed by atoms with van der Waals surface area (Å²) in [7, 11) is 0. The summed E-state index contributed by atoms with van der Waals surface area (Å²) in [6, 6.07) is 6.92. The Kier molecular flexibility index (Phi) is 6.09. The van der Waals surface area contributed by atoms with Crippen LogP contribution < -0.4 is 16.2 Å². The van der Waals surface area contributed by atoms with E-state index < -0.39 is 5.56 Å². The molecule has 2 N–H and O–H groups in total. The molecule has 140 valence electrons. The quantitative estimate of drug-likeness (QED) is 0.630. The van der Waals surface area contributed by atoms with E-state index in [1.54, 1.807) is 36.6 Å². The van der Waals surface area contributed by atoms with Gasteiger partial charge in [0.25, 0.3) is 5.56 Å². The highest BCUT2D eigenvalue weighted by atomic mass is 35.5. The van der Waals surface area contributed by atoms with Gasteiger partial charge in [0.1, 0.15) is 11.5 Å². The minimum absolute atomic E-state index is 0.0832. The Hall–Kier alpha value is -2.43. The van der Waals surface area contributed by atoms with Crippen molar-refractivity contribution in [3.05, 3.63) is 50.7 Å². The van der Waals surface area contributed by atoms with E-state index in [1.807, 2.05) is 0 Å². The molecule has 0 aliphatic heterocycles. The number of aryl methyl sites for hydroxylation is 1. The van der Waals surface area contributed by atoms with Crippen LogP contribution in [-0.4, -0.2) is 37.9 Å². The first-order valence-corrected chi connectivity index (χ1v) is 10.1. The maximum absolute atomic E-state index is 12.1. The number of benzene rings is 1. The van der Waals surface area contributed by atoms with E-state index in [4.69, 9.17) is 11.6 Å². The molecule has 0 aliphatic rings. The summed E-state index contributed by atoms with van der Waals surface area (Å²) in [4.78, 5) is 39.8. The van der Waals surface area contributed by atoms with Crippen LogP contribution in [0.15, 0.2) is 34.4 Å². The van der Waals surface area contributed by atoms with Crippen molar-refractivity contribution in [3.63, 3.8) is 0 Å². The van der Waals surface area contributed by atoms with Crippen LogP contribution in [0.2, 0.25) is 5.02 Å². The van der Waals surface area contributed by atoms with Gasteiger partial charge in [-0.1, -0.05) is 23.7 Å². The monoisotopic (exact) mass is 423 g/mol. The van der Waals surface area contributed by atoms with Crippen molar-refractivity contribution in [2.45, 2.75) is 6.92 Å². The molecule has 0 aliphatic carbocycles. The number of para-hydroxylation sites is 1. The van der Waals surface area contributed by atoms with E-state index in [9.17, 15) is 14.4 Å². The second-order valence-corrected chi connectivity index (χ2v) is 7.62. The van der Waals surface area contributed by atoms with E-state index in [0.717, 1.165) is 0 Å². The summed E-state index contributed by atoms with van der Waals surface area (Å²) in [6.45, 7) is 1.55. The lowest BCUT2D eigenvalue weighted by atomic mass is 10.3. The highest BCUT2D eigenvalue weighted by Gasteiger charge is 2.12. The molecule has 0 spiro atoms. The number of carbonyl (C=O) groups excluding carboxylic acids is 2. The van der Waals surface area contributed by atoms with Gasteiger partial charge in [-0.2, -0.15) is 14.6 Å². The summed E-state index contributed by atoms with van der Waals surface area (Å²) in [6.07, 6.45) is 0. The first-order chi connectivity index (χ1) is 12.9. The molecule has 2 heterocycles. The summed E-state index contributed by atoms with van der Waals surface area (Å²) in [5.74, 6) is 0.0787. The highest BCUT2D eigenvalue weighted by Crippen LogP contribution is 2.21. The predicted octanol–water partition coefficient (Wildman–Crippen LogP) is 2.42. The van der Waals surface area contributed by atoms with Crippen LogP contribution in [-0.2, 0) is 9.59 Å². The molecule has 0 unspecified atom stereocenters. The summed E-state index contributed by atoms with van der Waals surface area (Å²) in [5.41, 5.74) is 0.379. The number of fused-ring (bicyclic) bond motifs is 1. The Morgan fingerprint density at radius 1 is 1.22 bits per heavy atom. The lowest BCUT2D eigenvalue weighted by Crippen LogP contribution is -2.20. The van der Waals surface area contributed by atoms with Gasteiger partial charge in [-0.05, 0) is 19.1 Å². The van der Waals surface area contributed by atoms with Gasteiger partial charge >= 0.3 is 0 Å². The number of hydrogen-bond donors (Lipinski definition) is 2. The average molecular weight is 424 g/mol. The van der Waals surface area contributed by atoms with Crippen molar-refractivity contribution in [2.75, 3.05) is 22.1 Å². The fourth-order valence-corrected chi connectivity index (χ4v) is 3.64. The molecule has 8 nitrogen and oxygen atoms in total. The second-order valence-electron chi connectivity index (χ2n) is 5.39. The van der Waals surface area contributed by atoms with Gasteiger partial charge in [0.15, 0.2) is 0 Å². The Bertz CT molecular complexity index is 1070. The molecular formula is C16H14ClN5O3S2. The fraction of sp³-hybridized carbons (Fsp3) is 0.188. The first kappa shape index (κ1) is 19.3. The normalized spacial score (nSPS) is 10.7. The van der Waals surface area contributed by atoms with Gasteiger partial charge < -0.3 is 10.6 Å². The number of nitrogens with zero attached hydrogens (tertiary/aromatic N) is 3. The van der Waals surface area contributed by atoms with E-state index in [1.165, 1.54) is 27.6 Å². The molecule has 0 fully saturated rings. The molecule has 3 rings (SSSR count). The molecule has 2 amide bonds. The van der Waals surface area contributed by atoms with Crippen molar-refractivity contribution in [1.29, 1.82) is 0 Å². The van der Waals surface area contributed by atoms with Crippen molar-refractivity contribution < 1.29 is 9.59 Å². The van der Waals surface area contributed by atoms with Crippen LogP contribution in [0.5, 0.6) is 0 Å². The number of thiazole rings is 1. The first-order valence-electron chi connectivity index (χ1n) is 7.71. The zero-order valence-corrected chi connectivity index (χ0v) is 16.5. The molecule has 0 saturated carbocycles. The summed E-state index contributed by atoms with van der Waals surface area (Å²) in [5, 5.41) is 11.6. The molecule has 27 heavy (non-hydrogen) atoms. The maximum atomic E-state index is 12.1. The molecule has 0 saturated heterocycles. The van der Waals surface area contributed by atoms with Crippen molar-refractivity contribution in [1.82, 2.24) is 14.6 Å². The predicted molar refractivity (Wildman–Crippen MR) is 108 cm³/mol. The maximum Gasteiger partial charge on any atom is 0.295 e. The van der Waals surface area contributed by atoms with Gasteiger partial charge in [-0.25, -0.2) is 0 Å². The van der Waals surface area contributed by atoms with E-state index >= 15 is 0 Å². The van der Waals surface area contributed by atoms with Crippen LogP contribution in [0.3, 0.4) is 0 Å². The third-order valence-corrected chi connectivity index (χ3v) is 5.40. The van der Waals surface area contributed by atoms with Gasteiger partial charge in [0, 0.05) is 5.38 Å². The standard InChI is InChI=1S/C16H14ClN5O3S2/c1-9-15(25)20-16-22(21-9)12(6-27-16)19-14(24)8-26-7-13(23)18-11-5-3-2-4-10(11)17/h2-6H,7-8H2,1H3,(H,18,23)(H,19,24). The van der Waals surface area contributed by atoms with Crippen LogP contribution in [0, 0.1) is 6.92 Å². The molecule has 3 aromatic rings. The third-order valence-electron chi connectivity index (χ3n) is 3.32. The molecule has 1 aromatic carbocycles. The number of halogens is 1. The summed E-state index contributed by atoms with van der Waals surface area (Å²) >= 11 is 8.35. The van der Waals surface area contributed by atoms with Crippen molar-refractivity contribution >= 4 is 63.0 Å².